The van der Waals surface area contributed by atoms with Gasteiger partial charge in [-0.25, -0.2) is 15.0 Å². The van der Waals surface area contributed by atoms with Gasteiger partial charge in [0.1, 0.15) is 12.0 Å². The van der Waals surface area contributed by atoms with Crippen LogP contribution in [0.1, 0.15) is 41.4 Å². The Kier molecular flexibility index (Phi) is 7.12. The number of nitrogens with two attached hydrogens (primary N) is 1. The number of nitrogens with zero attached hydrogens (tertiary/aromatic N) is 5. The highest BCUT2D eigenvalue weighted by molar-refractivity contribution is 6.05. The lowest BCUT2D eigenvalue weighted by Crippen LogP contribution is -2.37. The van der Waals surface area contributed by atoms with Crippen LogP contribution in [0.3, 0.4) is 0 Å². The number of carbonyl (C=O) groups excluding carboxylic acids is 2. The molecule has 3 heterocycles. The Hall–Kier alpha value is -3.86. The molecule has 0 radical (unpaired) electrons. The number of allylic oxidation sites excluding steroid dienone is 1. The van der Waals surface area contributed by atoms with Gasteiger partial charge in [-0.1, -0.05) is 0 Å². The summed E-state index contributed by atoms with van der Waals surface area (Å²) in [5, 5.41) is 5.87. The van der Waals surface area contributed by atoms with Crippen LogP contribution in [0.5, 0.6) is 0 Å². The molecule has 1 atom stereocenters. The van der Waals surface area contributed by atoms with Crippen molar-refractivity contribution < 1.29 is 14.3 Å². The first-order valence-corrected chi connectivity index (χ1v) is 11.1. The Labute approximate surface area is 197 Å². The van der Waals surface area contributed by atoms with Crippen molar-refractivity contribution in [1.82, 2.24) is 25.2 Å². The fourth-order valence-corrected chi connectivity index (χ4v) is 3.74. The van der Waals surface area contributed by atoms with Crippen LogP contribution >= 0.6 is 0 Å². The van der Waals surface area contributed by atoms with Gasteiger partial charge >= 0.3 is 0 Å². The SMILES string of the molecule is CN=CC(NC(=O)c1nc(C2CC2)ccc1Nc1cncnc1)=C(N)C(=O)N1CCC(OC)C1. The molecule has 178 valence electrons. The minimum Gasteiger partial charge on any atom is -0.393 e. The molecule has 0 aromatic carbocycles. The average molecular weight is 465 g/mol. The van der Waals surface area contributed by atoms with E-state index in [4.69, 9.17) is 10.5 Å². The smallest absolute Gasteiger partial charge is 0.276 e. The number of aliphatic imine (C=N–C) groups is 1. The number of rotatable bonds is 8. The van der Waals surface area contributed by atoms with Gasteiger partial charge in [0.25, 0.3) is 11.8 Å². The minimum atomic E-state index is -0.510. The van der Waals surface area contributed by atoms with Gasteiger partial charge in [-0.15, -0.1) is 0 Å². The number of amides is 2. The van der Waals surface area contributed by atoms with Gasteiger partial charge in [-0.3, -0.25) is 14.6 Å². The van der Waals surface area contributed by atoms with Gasteiger partial charge in [0.15, 0.2) is 5.69 Å². The predicted octanol–water partition coefficient (Wildman–Crippen LogP) is 1.34. The summed E-state index contributed by atoms with van der Waals surface area (Å²) in [7, 11) is 3.15. The molecular weight excluding hydrogens is 436 g/mol. The number of hydrogen-bond donors (Lipinski definition) is 3. The Bertz CT molecular complexity index is 1110. The Morgan fingerprint density at radius 3 is 2.65 bits per heavy atom. The van der Waals surface area contributed by atoms with Gasteiger partial charge < -0.3 is 26.0 Å². The molecule has 1 saturated heterocycles. The van der Waals surface area contributed by atoms with Crippen LogP contribution in [0, 0.1) is 0 Å². The number of ether oxygens (including phenoxy) is 1. The molecular formula is C23H28N8O3. The van der Waals surface area contributed by atoms with E-state index in [-0.39, 0.29) is 29.1 Å². The Morgan fingerprint density at radius 1 is 1.24 bits per heavy atom. The quantitative estimate of drug-likeness (QED) is 0.392. The minimum absolute atomic E-state index is 0.0282. The summed E-state index contributed by atoms with van der Waals surface area (Å²) >= 11 is 0. The summed E-state index contributed by atoms with van der Waals surface area (Å²) in [4.78, 5) is 44.4. The topological polar surface area (TPSA) is 148 Å². The molecule has 11 heteroatoms. The highest BCUT2D eigenvalue weighted by Gasteiger charge is 2.30. The van der Waals surface area contributed by atoms with E-state index in [2.05, 4.69) is 30.6 Å². The van der Waals surface area contributed by atoms with Crippen LogP contribution in [0.15, 0.2) is 47.2 Å². The first kappa shape index (κ1) is 23.3. The first-order valence-electron chi connectivity index (χ1n) is 11.1. The second-order valence-electron chi connectivity index (χ2n) is 8.23. The number of pyridine rings is 1. The van der Waals surface area contributed by atoms with Crippen molar-refractivity contribution in [2.75, 3.05) is 32.6 Å². The third-order valence-corrected chi connectivity index (χ3v) is 5.76. The van der Waals surface area contributed by atoms with Gasteiger partial charge in [0.05, 0.1) is 35.6 Å². The molecule has 2 aromatic rings. The zero-order valence-electron chi connectivity index (χ0n) is 19.2. The number of aromatic nitrogens is 3. The van der Waals surface area contributed by atoms with Crippen LogP contribution in [0.2, 0.25) is 0 Å². The van der Waals surface area contributed by atoms with E-state index >= 15 is 0 Å². The summed E-state index contributed by atoms with van der Waals surface area (Å²) in [6, 6.07) is 3.71. The highest BCUT2D eigenvalue weighted by Crippen LogP contribution is 2.39. The molecule has 4 N–H and O–H groups in total. The van der Waals surface area contributed by atoms with Crippen molar-refractivity contribution in [3.05, 3.63) is 53.6 Å². The molecule has 2 fully saturated rings. The van der Waals surface area contributed by atoms with E-state index in [1.54, 1.807) is 24.4 Å². The summed E-state index contributed by atoms with van der Waals surface area (Å²) in [6.07, 6.45) is 8.76. The normalized spacial score (nSPS) is 18.6. The predicted molar refractivity (Wildman–Crippen MR) is 127 cm³/mol. The van der Waals surface area contributed by atoms with Gasteiger partial charge in [0.2, 0.25) is 0 Å². The van der Waals surface area contributed by atoms with Crippen LogP contribution in [-0.2, 0) is 9.53 Å². The van der Waals surface area contributed by atoms with Crippen LogP contribution < -0.4 is 16.4 Å². The number of likely N-dealkylation sites (tertiary alicyclic amines) is 1. The van der Waals surface area contributed by atoms with E-state index in [1.165, 1.54) is 19.6 Å². The molecule has 0 bridgehead atoms. The fraction of sp³-hybridized carbons (Fsp3) is 0.391. The van der Waals surface area contributed by atoms with Crippen molar-refractivity contribution in [3.8, 4) is 0 Å². The lowest BCUT2D eigenvalue weighted by atomic mass is 10.2. The van der Waals surface area contributed by atoms with Crippen molar-refractivity contribution in [2.24, 2.45) is 10.7 Å². The second kappa shape index (κ2) is 10.4. The number of hydrogen-bond acceptors (Lipinski definition) is 9. The molecule has 1 aliphatic heterocycles. The van der Waals surface area contributed by atoms with Crippen LogP contribution in [0.4, 0.5) is 11.4 Å². The van der Waals surface area contributed by atoms with Crippen molar-refractivity contribution in [3.63, 3.8) is 0 Å². The van der Waals surface area contributed by atoms with Gasteiger partial charge in [-0.05, 0) is 31.4 Å². The number of carbonyl (C=O) groups is 2. The fourth-order valence-electron chi connectivity index (χ4n) is 3.74. The van der Waals surface area contributed by atoms with Crippen molar-refractivity contribution in [1.29, 1.82) is 0 Å². The van der Waals surface area contributed by atoms with E-state index in [1.807, 2.05) is 12.1 Å². The van der Waals surface area contributed by atoms with Gasteiger partial charge in [-0.2, -0.15) is 0 Å². The standard InChI is InChI=1S/C23H28N8O3/c1-25-11-19(20(24)23(33)31-8-7-16(12-31)34-2)30-22(32)21-18(28-15-9-26-13-27-10-15)6-5-17(29-21)14-3-4-14/h5-6,9-11,13-14,16,28H,3-4,7-8,12,24H2,1-2H3,(H,30,32). The van der Waals surface area contributed by atoms with Crippen molar-refractivity contribution >= 4 is 29.4 Å². The molecule has 4 rings (SSSR count). The monoisotopic (exact) mass is 464 g/mol. The third-order valence-electron chi connectivity index (χ3n) is 5.76. The van der Waals surface area contributed by atoms with Gasteiger partial charge in [0, 0.05) is 45.1 Å². The molecule has 1 unspecified atom stereocenters. The summed E-state index contributed by atoms with van der Waals surface area (Å²) < 4.78 is 5.33. The van der Waals surface area contributed by atoms with E-state index in [0.717, 1.165) is 25.0 Å². The average Bonchev–Trinajstić information content (AvgIpc) is 3.60. The number of methoxy groups -OCH3 is 1. The molecule has 1 saturated carbocycles. The summed E-state index contributed by atoms with van der Waals surface area (Å²) in [5.74, 6) is -0.540. The van der Waals surface area contributed by atoms with Crippen LogP contribution in [-0.4, -0.2) is 71.2 Å². The summed E-state index contributed by atoms with van der Waals surface area (Å²) in [5.41, 5.74) is 8.32. The van der Waals surface area contributed by atoms with Crippen molar-refractivity contribution in [2.45, 2.75) is 31.3 Å². The zero-order valence-corrected chi connectivity index (χ0v) is 19.2. The number of nitrogens with one attached hydrogen (secondary N) is 2. The molecule has 34 heavy (non-hydrogen) atoms. The molecule has 2 aromatic heterocycles. The lowest BCUT2D eigenvalue weighted by Gasteiger charge is -2.18. The maximum atomic E-state index is 13.3. The van der Waals surface area contributed by atoms with Crippen LogP contribution in [0.25, 0.3) is 0 Å². The maximum Gasteiger partial charge on any atom is 0.276 e. The highest BCUT2D eigenvalue weighted by atomic mass is 16.5. The zero-order chi connectivity index (χ0) is 24.1. The number of anilines is 2. The van der Waals surface area contributed by atoms with E-state index in [0.29, 0.717) is 30.4 Å². The van der Waals surface area contributed by atoms with E-state index in [9.17, 15) is 9.59 Å². The Balaban J connectivity index is 1.60. The molecule has 11 nitrogen and oxygen atoms in total. The molecule has 0 spiro atoms. The molecule has 1 aliphatic carbocycles. The van der Waals surface area contributed by atoms with E-state index < -0.39 is 5.91 Å². The second-order valence-corrected chi connectivity index (χ2v) is 8.23. The lowest BCUT2D eigenvalue weighted by molar-refractivity contribution is -0.126. The largest absolute Gasteiger partial charge is 0.393 e. The summed E-state index contributed by atoms with van der Waals surface area (Å²) in [6.45, 7) is 0.972. The first-order chi connectivity index (χ1) is 16.5. The Morgan fingerprint density at radius 2 is 2.00 bits per heavy atom. The maximum absolute atomic E-state index is 13.3. The molecule has 2 amide bonds. The third kappa shape index (κ3) is 5.37. The molecule has 2 aliphatic rings.